The van der Waals surface area contributed by atoms with Crippen LogP contribution in [0.4, 0.5) is 5.69 Å². The van der Waals surface area contributed by atoms with Crippen molar-refractivity contribution in [2.45, 2.75) is 0 Å². The third-order valence-corrected chi connectivity index (χ3v) is 5.06. The van der Waals surface area contributed by atoms with Crippen LogP contribution in [0.25, 0.3) is 11.1 Å². The molecular weight excluding hydrogens is 334 g/mol. The zero-order valence-corrected chi connectivity index (χ0v) is 15.1. The largest absolute Gasteiger partial charge is 0.454 e. The lowest BCUT2D eigenvalue weighted by Gasteiger charge is -2.30. The number of ether oxygens (including phenoxy) is 1. The van der Waals surface area contributed by atoms with E-state index in [0.29, 0.717) is 0 Å². The minimum absolute atomic E-state index is 0.798. The number of hydrogen-bond donors (Lipinski definition) is 1. The Morgan fingerprint density at radius 1 is 0.778 bits per heavy atom. The van der Waals surface area contributed by atoms with E-state index in [9.17, 15) is 0 Å². The second-order valence-electron chi connectivity index (χ2n) is 6.82. The summed E-state index contributed by atoms with van der Waals surface area (Å²) in [7, 11) is 0. The third-order valence-electron chi connectivity index (χ3n) is 5.06. The Hall–Kier alpha value is -3.11. The van der Waals surface area contributed by atoms with Crippen LogP contribution in [0.5, 0.6) is 11.5 Å². The van der Waals surface area contributed by atoms with E-state index in [4.69, 9.17) is 9.73 Å². The van der Waals surface area contributed by atoms with Crippen molar-refractivity contribution >= 4 is 11.5 Å². The van der Waals surface area contributed by atoms with Crippen LogP contribution in [0.1, 0.15) is 5.56 Å². The molecule has 3 aromatic carbocycles. The molecule has 0 radical (unpaired) electrons. The summed E-state index contributed by atoms with van der Waals surface area (Å²) in [6.45, 7) is 3.83. The van der Waals surface area contributed by atoms with Gasteiger partial charge < -0.3 is 15.0 Å². The molecule has 3 aromatic rings. The van der Waals surface area contributed by atoms with E-state index in [2.05, 4.69) is 52.7 Å². The molecular formula is C23H21N3O. The first-order valence-corrected chi connectivity index (χ1v) is 9.39. The molecule has 0 aliphatic carbocycles. The monoisotopic (exact) mass is 355 g/mol. The van der Waals surface area contributed by atoms with Crippen LogP contribution in [0.2, 0.25) is 0 Å². The topological polar surface area (TPSA) is 36.9 Å². The predicted octanol–water partition coefficient (Wildman–Crippen LogP) is 4.44. The molecule has 0 amide bonds. The van der Waals surface area contributed by atoms with Gasteiger partial charge >= 0.3 is 0 Å². The molecule has 134 valence electrons. The van der Waals surface area contributed by atoms with Gasteiger partial charge in [-0.2, -0.15) is 0 Å². The second-order valence-corrected chi connectivity index (χ2v) is 6.82. The van der Waals surface area contributed by atoms with Crippen LogP contribution in [-0.2, 0) is 0 Å². The number of hydrogen-bond acceptors (Lipinski definition) is 4. The quantitative estimate of drug-likeness (QED) is 0.701. The Balaban J connectivity index is 1.64. The molecule has 4 nitrogen and oxygen atoms in total. The van der Waals surface area contributed by atoms with Gasteiger partial charge in [-0.1, -0.05) is 48.5 Å². The van der Waals surface area contributed by atoms with E-state index in [-0.39, 0.29) is 0 Å². The van der Waals surface area contributed by atoms with Gasteiger partial charge in [-0.15, -0.1) is 0 Å². The lowest BCUT2D eigenvalue weighted by atomic mass is 10.0. The van der Waals surface area contributed by atoms with E-state index >= 15 is 0 Å². The van der Waals surface area contributed by atoms with E-state index in [1.54, 1.807) is 0 Å². The normalized spacial score (nSPS) is 15.9. The Morgan fingerprint density at radius 2 is 1.56 bits per heavy atom. The highest BCUT2D eigenvalue weighted by molar-refractivity contribution is 6.04. The van der Waals surface area contributed by atoms with Crippen molar-refractivity contribution in [1.82, 2.24) is 10.2 Å². The Labute approximate surface area is 159 Å². The molecule has 5 rings (SSSR count). The van der Waals surface area contributed by atoms with Crippen molar-refractivity contribution in [3.05, 3.63) is 78.4 Å². The maximum atomic E-state index is 6.26. The number of rotatable bonds is 1. The molecule has 1 saturated heterocycles. The molecule has 0 bridgehead atoms. The first kappa shape index (κ1) is 16.1. The van der Waals surface area contributed by atoms with Crippen LogP contribution < -0.4 is 10.1 Å². The maximum absolute atomic E-state index is 6.26. The van der Waals surface area contributed by atoms with Crippen LogP contribution in [0.3, 0.4) is 0 Å². The van der Waals surface area contributed by atoms with Crippen molar-refractivity contribution in [3.8, 4) is 22.6 Å². The number of benzene rings is 3. The van der Waals surface area contributed by atoms with E-state index in [0.717, 1.165) is 60.3 Å². The highest BCUT2D eigenvalue weighted by Gasteiger charge is 2.23. The average molecular weight is 355 g/mol. The summed E-state index contributed by atoms with van der Waals surface area (Å²) in [6, 6.07) is 24.8. The number of piperazine rings is 1. The zero-order chi connectivity index (χ0) is 18.1. The fourth-order valence-corrected chi connectivity index (χ4v) is 3.65. The molecule has 2 heterocycles. The SMILES string of the molecule is c1ccc(-c2ccc3c(c2)N=C(N2CCNCC2)c2ccccc2O3)cc1. The number of fused-ring (bicyclic) bond motifs is 2. The average Bonchev–Trinajstić information content (AvgIpc) is 2.91. The van der Waals surface area contributed by atoms with Crippen molar-refractivity contribution in [1.29, 1.82) is 0 Å². The molecule has 0 spiro atoms. The van der Waals surface area contributed by atoms with Crippen molar-refractivity contribution in [2.24, 2.45) is 4.99 Å². The fourth-order valence-electron chi connectivity index (χ4n) is 3.65. The van der Waals surface area contributed by atoms with Gasteiger partial charge in [-0.05, 0) is 35.4 Å². The lowest BCUT2D eigenvalue weighted by Crippen LogP contribution is -2.46. The van der Waals surface area contributed by atoms with Crippen LogP contribution in [-0.4, -0.2) is 36.9 Å². The summed E-state index contributed by atoms with van der Waals surface area (Å²) in [5.41, 5.74) is 4.26. The van der Waals surface area contributed by atoms with Crippen molar-refractivity contribution in [3.63, 3.8) is 0 Å². The molecule has 0 saturated carbocycles. The number of para-hydroxylation sites is 1. The number of nitrogens with zero attached hydrogens (tertiary/aromatic N) is 2. The molecule has 0 unspecified atom stereocenters. The molecule has 2 aliphatic heterocycles. The van der Waals surface area contributed by atoms with Crippen molar-refractivity contribution in [2.75, 3.05) is 26.2 Å². The summed E-state index contributed by atoms with van der Waals surface area (Å²) in [5, 5.41) is 3.42. The Morgan fingerprint density at radius 3 is 2.41 bits per heavy atom. The predicted molar refractivity (Wildman–Crippen MR) is 109 cm³/mol. The van der Waals surface area contributed by atoms with E-state index < -0.39 is 0 Å². The van der Waals surface area contributed by atoms with Gasteiger partial charge in [0.05, 0.1) is 5.56 Å². The molecule has 27 heavy (non-hydrogen) atoms. The van der Waals surface area contributed by atoms with E-state index in [1.807, 2.05) is 30.3 Å². The Bertz CT molecular complexity index is 992. The fraction of sp³-hybridized carbons (Fsp3) is 0.174. The van der Waals surface area contributed by atoms with Gasteiger partial charge in [0.25, 0.3) is 0 Å². The Kier molecular flexibility index (Phi) is 4.11. The molecule has 2 aliphatic rings. The minimum Gasteiger partial charge on any atom is -0.454 e. The number of nitrogens with one attached hydrogen (secondary N) is 1. The van der Waals surface area contributed by atoms with E-state index in [1.165, 1.54) is 5.56 Å². The summed E-state index contributed by atoms with van der Waals surface area (Å²) in [4.78, 5) is 7.43. The number of amidine groups is 1. The van der Waals surface area contributed by atoms with Gasteiger partial charge in [0, 0.05) is 26.2 Å². The van der Waals surface area contributed by atoms with Crippen molar-refractivity contribution < 1.29 is 4.74 Å². The zero-order valence-electron chi connectivity index (χ0n) is 15.1. The lowest BCUT2D eigenvalue weighted by molar-refractivity contribution is 0.357. The van der Waals surface area contributed by atoms with Gasteiger partial charge in [-0.25, -0.2) is 4.99 Å². The molecule has 0 atom stereocenters. The second kappa shape index (κ2) is 6.89. The molecule has 4 heteroatoms. The van der Waals surface area contributed by atoms with Gasteiger partial charge in [0.15, 0.2) is 5.75 Å². The minimum atomic E-state index is 0.798. The molecule has 1 fully saturated rings. The van der Waals surface area contributed by atoms with Crippen LogP contribution >= 0.6 is 0 Å². The van der Waals surface area contributed by atoms with Gasteiger partial charge in [0.2, 0.25) is 0 Å². The summed E-state index contributed by atoms with van der Waals surface area (Å²) in [6.07, 6.45) is 0. The van der Waals surface area contributed by atoms with Gasteiger partial charge in [-0.3, -0.25) is 0 Å². The first-order valence-electron chi connectivity index (χ1n) is 9.39. The maximum Gasteiger partial charge on any atom is 0.153 e. The smallest absolute Gasteiger partial charge is 0.153 e. The summed E-state index contributed by atoms with van der Waals surface area (Å²) >= 11 is 0. The standard InChI is InChI=1S/C23H21N3O/c1-2-6-17(7-3-1)18-10-11-22-20(16-18)25-23(26-14-12-24-13-15-26)19-8-4-5-9-21(19)27-22/h1-11,16,24H,12-15H2. The molecule has 0 aromatic heterocycles. The summed E-state index contributed by atoms with van der Waals surface area (Å²) < 4.78 is 6.26. The van der Waals surface area contributed by atoms with Crippen LogP contribution in [0, 0.1) is 0 Å². The molecule has 1 N–H and O–H groups in total. The summed E-state index contributed by atoms with van der Waals surface area (Å²) in [5.74, 6) is 2.66. The third kappa shape index (κ3) is 3.09. The first-order chi connectivity index (χ1) is 13.4. The highest BCUT2D eigenvalue weighted by atomic mass is 16.5. The van der Waals surface area contributed by atoms with Crippen LogP contribution in [0.15, 0.2) is 77.8 Å². The highest BCUT2D eigenvalue weighted by Crippen LogP contribution is 2.40. The number of aliphatic imine (C=N–C) groups is 1. The van der Waals surface area contributed by atoms with Gasteiger partial charge in [0.1, 0.15) is 17.3 Å².